The van der Waals surface area contributed by atoms with Crippen LogP contribution in [-0.2, 0) is 5.41 Å². The van der Waals surface area contributed by atoms with E-state index in [1.54, 1.807) is 0 Å². The Balaban J connectivity index is 1.08. The SMILES string of the molecule is CC1(C)C2=CC(N(c3ccc(-c4ccc5ccccc5c4)cc3)c3ccc4oc5c6ccccc6c(-c6ccccc6)cc5c4c3)CC=C2c2ccccc21. The second-order valence-corrected chi connectivity index (χ2v) is 15.6. The molecule has 0 fully saturated rings. The number of rotatable bonds is 5. The highest BCUT2D eigenvalue weighted by Gasteiger charge is 2.40. The minimum atomic E-state index is -0.0771. The lowest BCUT2D eigenvalue weighted by atomic mass is 9.79. The molecular weight excluding hydrogens is 667 g/mol. The summed E-state index contributed by atoms with van der Waals surface area (Å²) in [5.74, 6) is 0. The number of allylic oxidation sites excluding steroid dienone is 2. The van der Waals surface area contributed by atoms with Crippen molar-refractivity contribution in [3.63, 3.8) is 0 Å². The smallest absolute Gasteiger partial charge is 0.143 e. The summed E-state index contributed by atoms with van der Waals surface area (Å²) < 4.78 is 6.72. The van der Waals surface area contributed by atoms with Gasteiger partial charge in [-0.2, -0.15) is 0 Å². The van der Waals surface area contributed by atoms with Crippen molar-refractivity contribution < 1.29 is 4.42 Å². The van der Waals surface area contributed by atoms with Gasteiger partial charge in [-0.15, -0.1) is 0 Å². The number of benzene rings is 8. The molecule has 2 aliphatic carbocycles. The van der Waals surface area contributed by atoms with Crippen LogP contribution in [0.5, 0.6) is 0 Å². The minimum absolute atomic E-state index is 0.0771. The normalized spacial score (nSPS) is 15.9. The van der Waals surface area contributed by atoms with Crippen LogP contribution >= 0.6 is 0 Å². The minimum Gasteiger partial charge on any atom is -0.455 e. The van der Waals surface area contributed by atoms with Crippen LogP contribution in [-0.4, -0.2) is 6.04 Å². The Morgan fingerprint density at radius 1 is 0.527 bits per heavy atom. The fourth-order valence-corrected chi connectivity index (χ4v) is 9.39. The zero-order chi connectivity index (χ0) is 36.7. The Morgan fingerprint density at radius 3 is 2.09 bits per heavy atom. The van der Waals surface area contributed by atoms with Gasteiger partial charge >= 0.3 is 0 Å². The highest BCUT2D eigenvalue weighted by molar-refractivity contribution is 6.19. The van der Waals surface area contributed by atoms with Gasteiger partial charge in [-0.1, -0.05) is 153 Å². The van der Waals surface area contributed by atoms with Crippen molar-refractivity contribution in [3.05, 3.63) is 199 Å². The predicted molar refractivity (Wildman–Crippen MR) is 232 cm³/mol. The maximum atomic E-state index is 6.72. The molecular formula is C53H39NO. The van der Waals surface area contributed by atoms with E-state index in [1.807, 2.05) is 0 Å². The zero-order valence-electron chi connectivity index (χ0n) is 31.0. The molecule has 0 radical (unpaired) electrons. The summed E-state index contributed by atoms with van der Waals surface area (Å²) in [5.41, 5.74) is 14.5. The van der Waals surface area contributed by atoms with Crippen molar-refractivity contribution in [3.8, 4) is 22.3 Å². The first-order valence-corrected chi connectivity index (χ1v) is 19.4. The number of hydrogen-bond acceptors (Lipinski definition) is 2. The van der Waals surface area contributed by atoms with E-state index in [0.29, 0.717) is 0 Å². The van der Waals surface area contributed by atoms with E-state index in [0.717, 1.165) is 39.4 Å². The van der Waals surface area contributed by atoms with Crippen molar-refractivity contribution in [2.45, 2.75) is 31.7 Å². The van der Waals surface area contributed by atoms with E-state index in [2.05, 4.69) is 201 Å². The zero-order valence-corrected chi connectivity index (χ0v) is 31.0. The van der Waals surface area contributed by atoms with E-state index >= 15 is 0 Å². The van der Waals surface area contributed by atoms with Crippen molar-refractivity contribution in [1.29, 1.82) is 0 Å². The Kier molecular flexibility index (Phi) is 7.06. The lowest BCUT2D eigenvalue weighted by molar-refractivity contribution is 0.644. The molecule has 0 aliphatic heterocycles. The summed E-state index contributed by atoms with van der Waals surface area (Å²) in [7, 11) is 0. The molecule has 0 saturated heterocycles. The fraction of sp³-hybridized carbons (Fsp3) is 0.0943. The van der Waals surface area contributed by atoms with Crippen LogP contribution in [0.3, 0.4) is 0 Å². The van der Waals surface area contributed by atoms with Gasteiger partial charge in [0.05, 0.1) is 6.04 Å². The number of anilines is 2. The van der Waals surface area contributed by atoms with Crippen LogP contribution in [0.25, 0.3) is 71.3 Å². The van der Waals surface area contributed by atoms with E-state index in [-0.39, 0.29) is 11.5 Å². The Bertz CT molecular complexity index is 3030. The van der Waals surface area contributed by atoms with Gasteiger partial charge in [0.2, 0.25) is 0 Å². The Labute approximate surface area is 321 Å². The van der Waals surface area contributed by atoms with Gasteiger partial charge < -0.3 is 9.32 Å². The molecule has 2 nitrogen and oxygen atoms in total. The van der Waals surface area contributed by atoms with Crippen molar-refractivity contribution in [2.75, 3.05) is 4.90 Å². The highest BCUT2D eigenvalue weighted by Crippen LogP contribution is 2.52. The molecule has 8 aromatic carbocycles. The van der Waals surface area contributed by atoms with Crippen LogP contribution < -0.4 is 4.90 Å². The van der Waals surface area contributed by atoms with Gasteiger partial charge in [-0.25, -0.2) is 0 Å². The third kappa shape index (κ3) is 5.02. The topological polar surface area (TPSA) is 16.4 Å². The molecule has 9 aromatic rings. The van der Waals surface area contributed by atoms with E-state index < -0.39 is 0 Å². The number of furan rings is 1. The lowest BCUT2D eigenvalue weighted by Crippen LogP contribution is -2.32. The van der Waals surface area contributed by atoms with Gasteiger partial charge in [0, 0.05) is 32.9 Å². The molecule has 11 rings (SSSR count). The molecule has 0 spiro atoms. The van der Waals surface area contributed by atoms with Crippen molar-refractivity contribution in [1.82, 2.24) is 0 Å². The molecule has 1 aromatic heterocycles. The Morgan fingerprint density at radius 2 is 1.24 bits per heavy atom. The molecule has 262 valence electrons. The monoisotopic (exact) mass is 705 g/mol. The van der Waals surface area contributed by atoms with Crippen LogP contribution in [0.1, 0.15) is 31.4 Å². The van der Waals surface area contributed by atoms with Crippen LogP contribution in [0.2, 0.25) is 0 Å². The van der Waals surface area contributed by atoms with Crippen molar-refractivity contribution >= 4 is 60.4 Å². The van der Waals surface area contributed by atoms with E-state index in [9.17, 15) is 0 Å². The summed E-state index contributed by atoms with van der Waals surface area (Å²) in [5, 5.41) is 7.11. The second kappa shape index (κ2) is 12.2. The predicted octanol–water partition coefficient (Wildman–Crippen LogP) is 14.4. The maximum absolute atomic E-state index is 6.72. The van der Waals surface area contributed by atoms with Crippen LogP contribution in [0.15, 0.2) is 192 Å². The van der Waals surface area contributed by atoms with Crippen molar-refractivity contribution in [2.24, 2.45) is 0 Å². The standard InChI is InChI=1S/C53H39NO/c1-53(2)49-19-11-10-17-43(49)44-28-26-41(32-50(44)53)54(39-24-22-35(23-25-39)38-21-20-34-12-6-7-15-37(34)30-38)40-27-29-51-47(31-40)48-33-46(36-13-4-3-5-14-36)42-16-8-9-18-45(42)52(48)55-51/h3-25,27-33,41H,26H2,1-2H3. The number of hydrogen-bond donors (Lipinski definition) is 0. The molecule has 1 unspecified atom stereocenters. The largest absolute Gasteiger partial charge is 0.455 e. The molecule has 0 N–H and O–H groups in total. The molecule has 55 heavy (non-hydrogen) atoms. The number of fused-ring (bicyclic) bond motifs is 9. The summed E-state index contributed by atoms with van der Waals surface area (Å²) in [4.78, 5) is 2.54. The van der Waals surface area contributed by atoms with Gasteiger partial charge in [0.1, 0.15) is 11.2 Å². The molecule has 1 heterocycles. The number of nitrogens with zero attached hydrogens (tertiary/aromatic N) is 1. The molecule has 0 bridgehead atoms. The summed E-state index contributed by atoms with van der Waals surface area (Å²) in [6.07, 6.45) is 5.93. The van der Waals surface area contributed by atoms with Crippen LogP contribution in [0, 0.1) is 0 Å². The average molecular weight is 706 g/mol. The fourth-order valence-electron chi connectivity index (χ4n) is 9.39. The lowest BCUT2D eigenvalue weighted by Gasteiger charge is -2.36. The summed E-state index contributed by atoms with van der Waals surface area (Å²) in [6.45, 7) is 4.75. The van der Waals surface area contributed by atoms with E-state index in [4.69, 9.17) is 4.42 Å². The summed E-state index contributed by atoms with van der Waals surface area (Å²) >= 11 is 0. The third-order valence-corrected chi connectivity index (χ3v) is 12.2. The highest BCUT2D eigenvalue weighted by atomic mass is 16.3. The average Bonchev–Trinajstić information content (AvgIpc) is 3.72. The third-order valence-electron chi connectivity index (χ3n) is 12.2. The first-order valence-electron chi connectivity index (χ1n) is 19.4. The molecule has 2 aliphatic rings. The maximum Gasteiger partial charge on any atom is 0.143 e. The first kappa shape index (κ1) is 31.8. The van der Waals surface area contributed by atoms with Crippen LogP contribution in [0.4, 0.5) is 11.4 Å². The Hall–Kier alpha value is -6.64. The molecule has 2 heteroatoms. The first-order chi connectivity index (χ1) is 27.0. The van der Waals surface area contributed by atoms with E-state index in [1.165, 1.54) is 66.4 Å². The molecule has 1 atom stereocenters. The molecule has 0 amide bonds. The molecule has 0 saturated carbocycles. The van der Waals surface area contributed by atoms with Gasteiger partial charge in [0.25, 0.3) is 0 Å². The second-order valence-electron chi connectivity index (χ2n) is 15.6. The van der Waals surface area contributed by atoms with Gasteiger partial charge in [-0.05, 0) is 110 Å². The van der Waals surface area contributed by atoms with Gasteiger partial charge in [-0.3, -0.25) is 0 Å². The summed E-state index contributed by atoms with van der Waals surface area (Å²) in [6, 6.07) is 62.0. The van der Waals surface area contributed by atoms with Gasteiger partial charge in [0.15, 0.2) is 0 Å². The quantitative estimate of drug-likeness (QED) is 0.177.